The zero-order chi connectivity index (χ0) is 15.5. The number of hydrogen-bond donors (Lipinski definition) is 1. The number of hydrogen-bond acceptors (Lipinski definition) is 4. The Bertz CT molecular complexity index is 590. The predicted molar refractivity (Wildman–Crippen MR) is 79.8 cm³/mol. The SMILES string of the molecule is Cc1ccc(S(=O)(=O)N(C(N)=O)N2CCCCCC2)cc1. The number of benzene rings is 1. The molecule has 0 aromatic heterocycles. The van der Waals surface area contributed by atoms with Gasteiger partial charge in [-0.2, -0.15) is 8.42 Å². The topological polar surface area (TPSA) is 83.7 Å². The molecule has 7 heteroatoms. The first-order chi connectivity index (χ1) is 9.93. The van der Waals surface area contributed by atoms with E-state index in [4.69, 9.17) is 5.73 Å². The van der Waals surface area contributed by atoms with Crippen LogP contribution in [-0.2, 0) is 10.0 Å². The standard InChI is InChI=1S/C14H21N3O3S/c1-12-6-8-13(9-7-12)21(19,20)17(14(15)18)16-10-4-2-3-5-11-16/h6-9H,2-5,10-11H2,1H3,(H2,15,18). The van der Waals surface area contributed by atoms with Crippen molar-refractivity contribution in [2.24, 2.45) is 5.73 Å². The highest BCUT2D eigenvalue weighted by atomic mass is 32.2. The summed E-state index contributed by atoms with van der Waals surface area (Å²) in [5.74, 6) is 0. The summed E-state index contributed by atoms with van der Waals surface area (Å²) in [6, 6.07) is 5.44. The highest BCUT2D eigenvalue weighted by molar-refractivity contribution is 7.89. The van der Waals surface area contributed by atoms with Gasteiger partial charge in [0.15, 0.2) is 0 Å². The number of urea groups is 1. The number of rotatable bonds is 3. The Kier molecular flexibility index (Phi) is 4.84. The van der Waals surface area contributed by atoms with E-state index >= 15 is 0 Å². The van der Waals surface area contributed by atoms with Crippen molar-refractivity contribution in [2.45, 2.75) is 37.5 Å². The van der Waals surface area contributed by atoms with Gasteiger partial charge in [-0.3, -0.25) is 0 Å². The predicted octanol–water partition coefficient (Wildman–Crippen LogP) is 1.86. The van der Waals surface area contributed by atoms with Gasteiger partial charge in [-0.15, -0.1) is 4.41 Å². The van der Waals surface area contributed by atoms with E-state index in [1.54, 1.807) is 17.1 Å². The summed E-state index contributed by atoms with van der Waals surface area (Å²) in [6.45, 7) is 2.92. The molecule has 116 valence electrons. The van der Waals surface area contributed by atoms with E-state index in [9.17, 15) is 13.2 Å². The number of carbonyl (C=O) groups excluding carboxylic acids is 1. The lowest BCUT2D eigenvalue weighted by atomic mass is 10.2. The number of amides is 2. The first kappa shape index (κ1) is 15.8. The van der Waals surface area contributed by atoms with Crippen LogP contribution in [0.1, 0.15) is 31.2 Å². The summed E-state index contributed by atoms with van der Waals surface area (Å²) in [5.41, 5.74) is 6.29. The van der Waals surface area contributed by atoms with Crippen molar-refractivity contribution < 1.29 is 13.2 Å². The third-order valence-corrected chi connectivity index (χ3v) is 5.31. The highest BCUT2D eigenvalue weighted by Gasteiger charge is 2.33. The average Bonchev–Trinajstić information content (AvgIpc) is 2.67. The van der Waals surface area contributed by atoms with Gasteiger partial charge in [0.1, 0.15) is 0 Å². The molecule has 1 aliphatic heterocycles. The summed E-state index contributed by atoms with van der Waals surface area (Å²) in [4.78, 5) is 11.8. The zero-order valence-electron chi connectivity index (χ0n) is 12.2. The summed E-state index contributed by atoms with van der Waals surface area (Å²) >= 11 is 0. The van der Waals surface area contributed by atoms with Crippen LogP contribution in [0.5, 0.6) is 0 Å². The number of nitrogens with zero attached hydrogens (tertiary/aromatic N) is 2. The van der Waals surface area contributed by atoms with Crippen molar-refractivity contribution in [3.8, 4) is 0 Å². The van der Waals surface area contributed by atoms with Gasteiger partial charge in [-0.05, 0) is 31.9 Å². The summed E-state index contributed by atoms with van der Waals surface area (Å²) in [7, 11) is -3.95. The Balaban J connectivity index is 2.36. The number of aryl methyl sites for hydroxylation is 1. The molecule has 1 aliphatic rings. The molecule has 2 amide bonds. The molecule has 1 fully saturated rings. The number of carbonyl (C=O) groups is 1. The molecule has 2 N–H and O–H groups in total. The molecule has 1 heterocycles. The number of primary amides is 1. The lowest BCUT2D eigenvalue weighted by Gasteiger charge is -2.31. The average molecular weight is 311 g/mol. The lowest BCUT2D eigenvalue weighted by Crippen LogP contribution is -2.52. The fourth-order valence-electron chi connectivity index (χ4n) is 2.46. The van der Waals surface area contributed by atoms with Crippen LogP contribution in [0.4, 0.5) is 4.79 Å². The van der Waals surface area contributed by atoms with E-state index in [0.29, 0.717) is 13.1 Å². The van der Waals surface area contributed by atoms with Crippen LogP contribution in [-0.4, -0.2) is 37.0 Å². The molecule has 1 saturated heterocycles. The minimum Gasteiger partial charge on any atom is -0.349 e. The van der Waals surface area contributed by atoms with E-state index in [-0.39, 0.29) is 4.90 Å². The quantitative estimate of drug-likeness (QED) is 0.923. The van der Waals surface area contributed by atoms with Crippen molar-refractivity contribution in [1.29, 1.82) is 0 Å². The van der Waals surface area contributed by atoms with Gasteiger partial charge in [0, 0.05) is 13.1 Å². The molecule has 0 atom stereocenters. The zero-order valence-corrected chi connectivity index (χ0v) is 13.0. The molecule has 1 aromatic rings. The Morgan fingerprint density at radius 2 is 1.62 bits per heavy atom. The van der Waals surface area contributed by atoms with E-state index in [1.807, 2.05) is 6.92 Å². The van der Waals surface area contributed by atoms with Crippen molar-refractivity contribution in [3.05, 3.63) is 29.8 Å². The van der Waals surface area contributed by atoms with Crippen molar-refractivity contribution in [3.63, 3.8) is 0 Å². The van der Waals surface area contributed by atoms with Gasteiger partial charge in [-0.1, -0.05) is 30.5 Å². The maximum absolute atomic E-state index is 12.7. The minimum atomic E-state index is -3.95. The maximum Gasteiger partial charge on any atom is 0.343 e. The van der Waals surface area contributed by atoms with Crippen molar-refractivity contribution in [1.82, 2.24) is 9.42 Å². The van der Waals surface area contributed by atoms with Crippen LogP contribution in [0.25, 0.3) is 0 Å². The molecule has 0 bridgehead atoms. The molecule has 0 radical (unpaired) electrons. The monoisotopic (exact) mass is 311 g/mol. The Morgan fingerprint density at radius 1 is 1.10 bits per heavy atom. The minimum absolute atomic E-state index is 0.0798. The van der Waals surface area contributed by atoms with Crippen LogP contribution in [0.3, 0.4) is 0 Å². The van der Waals surface area contributed by atoms with Gasteiger partial charge in [0.25, 0.3) is 10.0 Å². The molecule has 2 rings (SSSR count). The van der Waals surface area contributed by atoms with Gasteiger partial charge in [-0.25, -0.2) is 9.80 Å². The van der Waals surface area contributed by atoms with E-state index in [0.717, 1.165) is 35.7 Å². The third-order valence-electron chi connectivity index (χ3n) is 3.57. The smallest absolute Gasteiger partial charge is 0.343 e. The fraction of sp³-hybridized carbons (Fsp3) is 0.500. The Morgan fingerprint density at radius 3 is 2.10 bits per heavy atom. The van der Waals surface area contributed by atoms with Gasteiger partial charge in [0.2, 0.25) is 0 Å². The lowest BCUT2D eigenvalue weighted by molar-refractivity contribution is 0.0931. The molecule has 21 heavy (non-hydrogen) atoms. The molecule has 0 unspecified atom stereocenters. The maximum atomic E-state index is 12.7. The number of hydrazine groups is 1. The normalized spacial score (nSPS) is 17.2. The number of nitrogens with two attached hydrogens (primary N) is 1. The van der Waals surface area contributed by atoms with Crippen LogP contribution in [0, 0.1) is 6.92 Å². The van der Waals surface area contributed by atoms with Crippen LogP contribution in [0.2, 0.25) is 0 Å². The fourth-order valence-corrected chi connectivity index (χ4v) is 3.84. The Labute approximate surface area is 125 Å². The van der Waals surface area contributed by atoms with Crippen LogP contribution < -0.4 is 5.73 Å². The Hall–Kier alpha value is -1.60. The molecule has 0 saturated carbocycles. The summed E-state index contributed by atoms with van der Waals surface area (Å²) in [6.07, 6.45) is 3.78. The van der Waals surface area contributed by atoms with Crippen molar-refractivity contribution in [2.75, 3.05) is 13.1 Å². The summed E-state index contributed by atoms with van der Waals surface area (Å²) in [5, 5.41) is 1.55. The molecule has 1 aromatic carbocycles. The van der Waals surface area contributed by atoms with E-state index < -0.39 is 16.1 Å². The van der Waals surface area contributed by atoms with Crippen LogP contribution in [0.15, 0.2) is 29.2 Å². The molecular formula is C14H21N3O3S. The second kappa shape index (κ2) is 6.44. The van der Waals surface area contributed by atoms with Gasteiger partial charge < -0.3 is 5.73 Å². The van der Waals surface area contributed by atoms with Gasteiger partial charge >= 0.3 is 6.03 Å². The molecular weight excluding hydrogens is 290 g/mol. The largest absolute Gasteiger partial charge is 0.349 e. The highest BCUT2D eigenvalue weighted by Crippen LogP contribution is 2.21. The molecule has 6 nitrogen and oxygen atoms in total. The summed E-state index contributed by atoms with van der Waals surface area (Å²) < 4.78 is 26.1. The second-order valence-corrected chi connectivity index (χ2v) is 7.03. The third kappa shape index (κ3) is 3.54. The van der Waals surface area contributed by atoms with Gasteiger partial charge in [0.05, 0.1) is 4.90 Å². The van der Waals surface area contributed by atoms with Crippen molar-refractivity contribution >= 4 is 16.1 Å². The second-order valence-electron chi connectivity index (χ2n) is 5.27. The molecule has 0 spiro atoms. The first-order valence-electron chi connectivity index (χ1n) is 7.09. The molecule has 0 aliphatic carbocycles. The van der Waals surface area contributed by atoms with Crippen LogP contribution >= 0.6 is 0 Å². The first-order valence-corrected chi connectivity index (χ1v) is 8.53. The van der Waals surface area contributed by atoms with E-state index in [2.05, 4.69) is 0 Å². The van der Waals surface area contributed by atoms with E-state index in [1.165, 1.54) is 12.1 Å². The number of sulfonamides is 1.